The van der Waals surface area contributed by atoms with Crippen LogP contribution < -0.4 is 5.32 Å². The Labute approximate surface area is 114 Å². The van der Waals surface area contributed by atoms with Gasteiger partial charge in [0.25, 0.3) is 5.91 Å². The lowest BCUT2D eigenvalue weighted by molar-refractivity contribution is 0.102. The van der Waals surface area contributed by atoms with Gasteiger partial charge in [-0.3, -0.25) is 4.79 Å². The van der Waals surface area contributed by atoms with Crippen molar-refractivity contribution in [3.8, 4) is 0 Å². The highest BCUT2D eigenvalue weighted by atomic mass is 16.1. The number of hydrogen-bond donors (Lipinski definition) is 1. The maximum Gasteiger partial charge on any atom is 0.255 e. The second-order valence-electron chi connectivity index (χ2n) is 5.06. The predicted octanol–water partition coefficient (Wildman–Crippen LogP) is 4.17. The Bertz CT molecular complexity index is 589. The molecule has 0 heterocycles. The van der Waals surface area contributed by atoms with Crippen molar-refractivity contribution in [1.82, 2.24) is 0 Å². The average molecular weight is 253 g/mol. The van der Waals surface area contributed by atoms with E-state index >= 15 is 0 Å². The Morgan fingerprint density at radius 3 is 1.95 bits per heavy atom. The zero-order valence-corrected chi connectivity index (χ0v) is 11.9. The molecule has 0 unspecified atom stereocenters. The number of hydrogen-bond acceptors (Lipinski definition) is 1. The molecule has 0 atom stereocenters. The van der Waals surface area contributed by atoms with Crippen LogP contribution in [-0.2, 0) is 0 Å². The Hall–Kier alpha value is -2.09. The molecule has 0 radical (unpaired) electrons. The molecule has 1 N–H and O–H groups in total. The monoisotopic (exact) mass is 253 g/mol. The zero-order valence-electron chi connectivity index (χ0n) is 11.9. The molecule has 2 heteroatoms. The number of rotatable bonds is 2. The maximum absolute atomic E-state index is 12.1. The van der Waals surface area contributed by atoms with E-state index in [0.717, 1.165) is 11.3 Å². The molecule has 0 aliphatic rings. The van der Waals surface area contributed by atoms with Gasteiger partial charge in [-0.1, -0.05) is 17.7 Å². The van der Waals surface area contributed by atoms with Crippen molar-refractivity contribution in [1.29, 1.82) is 0 Å². The Morgan fingerprint density at radius 1 is 0.895 bits per heavy atom. The lowest BCUT2D eigenvalue weighted by Gasteiger charge is -2.10. The van der Waals surface area contributed by atoms with Gasteiger partial charge in [-0.15, -0.1) is 0 Å². The first-order chi connectivity index (χ1) is 8.97. The van der Waals surface area contributed by atoms with Crippen molar-refractivity contribution in [2.24, 2.45) is 0 Å². The third-order valence-electron chi connectivity index (χ3n) is 3.50. The van der Waals surface area contributed by atoms with Crippen LogP contribution in [0.3, 0.4) is 0 Å². The normalized spacial score (nSPS) is 10.3. The van der Waals surface area contributed by atoms with E-state index in [1.54, 1.807) is 0 Å². The number of amides is 1. The van der Waals surface area contributed by atoms with Crippen LogP contribution in [0.25, 0.3) is 0 Å². The molecule has 98 valence electrons. The van der Waals surface area contributed by atoms with Crippen LogP contribution in [0.2, 0.25) is 0 Å². The fraction of sp³-hybridized carbons (Fsp3) is 0.235. The summed E-state index contributed by atoms with van der Waals surface area (Å²) in [5.74, 6) is -0.0670. The summed E-state index contributed by atoms with van der Waals surface area (Å²) in [6, 6.07) is 11.6. The highest BCUT2D eigenvalue weighted by Crippen LogP contribution is 2.19. The van der Waals surface area contributed by atoms with E-state index in [1.807, 2.05) is 43.3 Å². The average Bonchev–Trinajstić information content (AvgIpc) is 2.36. The third-order valence-corrected chi connectivity index (χ3v) is 3.50. The van der Waals surface area contributed by atoms with Crippen LogP contribution in [0.15, 0.2) is 36.4 Å². The molecule has 2 nitrogen and oxygen atoms in total. The second-order valence-corrected chi connectivity index (χ2v) is 5.06. The van der Waals surface area contributed by atoms with Crippen LogP contribution in [0, 0.1) is 27.7 Å². The van der Waals surface area contributed by atoms with Crippen molar-refractivity contribution in [3.05, 3.63) is 64.2 Å². The van der Waals surface area contributed by atoms with Gasteiger partial charge in [0.15, 0.2) is 0 Å². The topological polar surface area (TPSA) is 29.1 Å². The smallest absolute Gasteiger partial charge is 0.255 e. The van der Waals surface area contributed by atoms with Gasteiger partial charge in [0.1, 0.15) is 0 Å². The number of anilines is 1. The molecule has 0 fully saturated rings. The lowest BCUT2D eigenvalue weighted by atomic mass is 10.0. The SMILES string of the molecule is Cc1ccc(C(=O)Nc2cc(C)c(C)c(C)c2)cc1. The van der Waals surface area contributed by atoms with Gasteiger partial charge in [0.05, 0.1) is 0 Å². The van der Waals surface area contributed by atoms with Crippen molar-refractivity contribution in [2.45, 2.75) is 27.7 Å². The van der Waals surface area contributed by atoms with Gasteiger partial charge in [-0.2, -0.15) is 0 Å². The fourth-order valence-electron chi connectivity index (χ4n) is 2.02. The maximum atomic E-state index is 12.1. The molecule has 0 bridgehead atoms. The summed E-state index contributed by atoms with van der Waals surface area (Å²) in [7, 11) is 0. The fourth-order valence-corrected chi connectivity index (χ4v) is 2.02. The standard InChI is InChI=1S/C17H19NO/c1-11-5-7-15(8-6-11)17(19)18-16-9-12(2)14(4)13(3)10-16/h5-10H,1-4H3,(H,18,19). The first-order valence-corrected chi connectivity index (χ1v) is 6.43. The third kappa shape index (κ3) is 3.02. The summed E-state index contributed by atoms with van der Waals surface area (Å²) in [5.41, 5.74) is 6.35. The summed E-state index contributed by atoms with van der Waals surface area (Å²) >= 11 is 0. The molecular weight excluding hydrogens is 234 g/mol. The van der Waals surface area contributed by atoms with Gasteiger partial charge in [-0.05, 0) is 68.7 Å². The molecule has 0 aromatic heterocycles. The van der Waals surface area contributed by atoms with Crippen LogP contribution >= 0.6 is 0 Å². The van der Waals surface area contributed by atoms with Crippen LogP contribution in [0.4, 0.5) is 5.69 Å². The quantitative estimate of drug-likeness (QED) is 0.855. The number of carbonyl (C=O) groups is 1. The molecule has 1 amide bonds. The zero-order chi connectivity index (χ0) is 14.0. The summed E-state index contributed by atoms with van der Waals surface area (Å²) in [4.78, 5) is 12.1. The molecular formula is C17H19NO. The number of aryl methyl sites for hydroxylation is 3. The first-order valence-electron chi connectivity index (χ1n) is 6.43. The van der Waals surface area contributed by atoms with Gasteiger partial charge in [0.2, 0.25) is 0 Å². The molecule has 0 spiro atoms. The molecule has 0 saturated carbocycles. The van der Waals surface area contributed by atoms with Gasteiger partial charge >= 0.3 is 0 Å². The summed E-state index contributed by atoms with van der Waals surface area (Å²) in [6.45, 7) is 8.22. The van der Waals surface area contributed by atoms with Crippen molar-refractivity contribution in [3.63, 3.8) is 0 Å². The molecule has 0 aliphatic carbocycles. The van der Waals surface area contributed by atoms with Crippen LogP contribution in [0.5, 0.6) is 0 Å². The number of nitrogens with one attached hydrogen (secondary N) is 1. The Morgan fingerprint density at radius 2 is 1.42 bits per heavy atom. The minimum Gasteiger partial charge on any atom is -0.322 e. The van der Waals surface area contributed by atoms with Gasteiger partial charge in [0, 0.05) is 11.3 Å². The summed E-state index contributed by atoms with van der Waals surface area (Å²) < 4.78 is 0. The van der Waals surface area contributed by atoms with E-state index in [0.29, 0.717) is 5.56 Å². The second kappa shape index (κ2) is 5.27. The molecule has 19 heavy (non-hydrogen) atoms. The highest BCUT2D eigenvalue weighted by molar-refractivity contribution is 6.04. The summed E-state index contributed by atoms with van der Waals surface area (Å²) in [6.07, 6.45) is 0. The Balaban J connectivity index is 2.22. The van der Waals surface area contributed by atoms with Gasteiger partial charge < -0.3 is 5.32 Å². The van der Waals surface area contributed by atoms with E-state index < -0.39 is 0 Å². The van der Waals surface area contributed by atoms with E-state index in [1.165, 1.54) is 16.7 Å². The van der Waals surface area contributed by atoms with E-state index in [4.69, 9.17) is 0 Å². The molecule has 0 saturated heterocycles. The largest absolute Gasteiger partial charge is 0.322 e. The van der Waals surface area contributed by atoms with E-state index in [9.17, 15) is 4.79 Å². The van der Waals surface area contributed by atoms with Crippen molar-refractivity contribution < 1.29 is 4.79 Å². The van der Waals surface area contributed by atoms with Crippen LogP contribution in [-0.4, -0.2) is 5.91 Å². The number of carbonyl (C=O) groups excluding carboxylic acids is 1. The van der Waals surface area contributed by atoms with Gasteiger partial charge in [-0.25, -0.2) is 0 Å². The van der Waals surface area contributed by atoms with E-state index in [-0.39, 0.29) is 5.91 Å². The molecule has 2 rings (SSSR count). The Kier molecular flexibility index (Phi) is 3.70. The van der Waals surface area contributed by atoms with E-state index in [2.05, 4.69) is 26.1 Å². The lowest BCUT2D eigenvalue weighted by Crippen LogP contribution is -2.12. The molecule has 0 aliphatic heterocycles. The first kappa shape index (κ1) is 13.3. The predicted molar refractivity (Wildman–Crippen MR) is 79.8 cm³/mol. The molecule has 2 aromatic rings. The minimum absolute atomic E-state index is 0.0670. The minimum atomic E-state index is -0.0670. The molecule has 2 aromatic carbocycles. The summed E-state index contributed by atoms with van der Waals surface area (Å²) in [5, 5.41) is 2.95. The number of benzene rings is 2. The van der Waals surface area contributed by atoms with Crippen molar-refractivity contribution >= 4 is 11.6 Å². The van der Waals surface area contributed by atoms with Crippen molar-refractivity contribution in [2.75, 3.05) is 5.32 Å². The highest BCUT2D eigenvalue weighted by Gasteiger charge is 2.07. The van der Waals surface area contributed by atoms with Crippen LogP contribution in [0.1, 0.15) is 32.6 Å².